The number of alkyl halides is 3. The maximum Gasteiger partial charge on any atom is 0.416 e. The lowest BCUT2D eigenvalue weighted by Gasteiger charge is -2.21. The zero-order valence-electron chi connectivity index (χ0n) is 24.0. The van der Waals surface area contributed by atoms with Crippen LogP contribution in [0.2, 0.25) is 0 Å². The molecule has 0 fully saturated rings. The van der Waals surface area contributed by atoms with E-state index in [1.807, 2.05) is 0 Å². The number of hydrogen-bond acceptors (Lipinski definition) is 5. The molecule has 13 heteroatoms. The maximum atomic E-state index is 13.7. The molecule has 0 atom stereocenters. The molecular weight excluding hydrogens is 612 g/mol. The van der Waals surface area contributed by atoms with Gasteiger partial charge in [-0.05, 0) is 72.3 Å². The Morgan fingerprint density at radius 3 is 2.24 bits per heavy atom. The highest BCUT2D eigenvalue weighted by molar-refractivity contribution is 7.92. The number of sulfonamides is 1. The van der Waals surface area contributed by atoms with Crippen LogP contribution in [-0.2, 0) is 16.2 Å². The summed E-state index contributed by atoms with van der Waals surface area (Å²) in [6, 6.07) is 18.4. The minimum absolute atomic E-state index is 0.171. The van der Waals surface area contributed by atoms with Crippen LogP contribution in [0.3, 0.4) is 0 Å². The van der Waals surface area contributed by atoms with Crippen molar-refractivity contribution in [3.05, 3.63) is 102 Å². The van der Waals surface area contributed by atoms with Crippen molar-refractivity contribution in [1.29, 1.82) is 0 Å². The van der Waals surface area contributed by atoms with Gasteiger partial charge < -0.3 is 9.73 Å². The van der Waals surface area contributed by atoms with Gasteiger partial charge in [0.15, 0.2) is 0 Å². The third-order valence-electron chi connectivity index (χ3n) is 7.53. The van der Waals surface area contributed by atoms with Gasteiger partial charge in [0.05, 0.1) is 34.1 Å². The highest BCUT2D eigenvalue weighted by atomic mass is 32.2. The molecular formula is C32H24F4N4O4S. The predicted octanol–water partition coefficient (Wildman–Crippen LogP) is 7.02. The van der Waals surface area contributed by atoms with E-state index in [1.54, 1.807) is 28.8 Å². The lowest BCUT2D eigenvalue weighted by atomic mass is 9.98. The Kier molecular flexibility index (Phi) is 7.15. The number of furan rings is 1. The van der Waals surface area contributed by atoms with Crippen LogP contribution in [0.25, 0.3) is 50.1 Å². The van der Waals surface area contributed by atoms with Crippen LogP contribution >= 0.6 is 0 Å². The molecule has 2 heterocycles. The average molecular weight is 637 g/mol. The Morgan fingerprint density at radius 1 is 0.956 bits per heavy atom. The van der Waals surface area contributed by atoms with Crippen LogP contribution < -0.4 is 9.62 Å². The summed E-state index contributed by atoms with van der Waals surface area (Å²) in [5.41, 5.74) is 2.78. The molecule has 6 rings (SSSR count). The number of rotatable bonds is 6. The second kappa shape index (κ2) is 10.8. The molecule has 230 valence electrons. The summed E-state index contributed by atoms with van der Waals surface area (Å²) in [4.78, 5) is 17.5. The van der Waals surface area contributed by atoms with Crippen LogP contribution in [0.15, 0.2) is 89.6 Å². The fourth-order valence-corrected chi connectivity index (χ4v) is 5.66. The number of aromatic nitrogens is 2. The SMILES string of the molecule is CNC(=O)c1c(-c2ccc(F)cc2)oc2cc(N(C)S(C)(=O)=O)c(-c3ccc4ncn(-c5ccc(C(F)(F)F)cc5)c4c3)cc12. The molecule has 0 aliphatic carbocycles. The van der Waals surface area contributed by atoms with E-state index in [9.17, 15) is 30.8 Å². The molecule has 8 nitrogen and oxygen atoms in total. The van der Waals surface area contributed by atoms with E-state index >= 15 is 0 Å². The molecule has 0 saturated carbocycles. The Morgan fingerprint density at radius 2 is 1.62 bits per heavy atom. The van der Waals surface area contributed by atoms with Gasteiger partial charge in [0, 0.05) is 42.4 Å². The van der Waals surface area contributed by atoms with Gasteiger partial charge in [0.2, 0.25) is 10.0 Å². The third-order valence-corrected chi connectivity index (χ3v) is 8.73. The predicted molar refractivity (Wildman–Crippen MR) is 163 cm³/mol. The molecule has 4 aromatic carbocycles. The average Bonchev–Trinajstić information content (AvgIpc) is 3.60. The smallest absolute Gasteiger partial charge is 0.416 e. The van der Waals surface area contributed by atoms with Crippen molar-refractivity contribution in [2.24, 2.45) is 0 Å². The first-order valence-corrected chi connectivity index (χ1v) is 15.3. The van der Waals surface area contributed by atoms with Crippen molar-refractivity contribution in [2.75, 3.05) is 24.7 Å². The molecule has 0 aliphatic heterocycles. The Balaban J connectivity index is 1.59. The summed E-state index contributed by atoms with van der Waals surface area (Å²) < 4.78 is 87.5. The Labute approximate surface area is 254 Å². The monoisotopic (exact) mass is 636 g/mol. The van der Waals surface area contributed by atoms with Crippen LogP contribution in [0.4, 0.5) is 23.2 Å². The number of anilines is 1. The molecule has 6 aromatic rings. The van der Waals surface area contributed by atoms with Gasteiger partial charge in [-0.25, -0.2) is 17.8 Å². The summed E-state index contributed by atoms with van der Waals surface area (Å²) in [6.07, 6.45) is -1.95. The molecule has 0 bridgehead atoms. The van der Waals surface area contributed by atoms with Gasteiger partial charge in [0.25, 0.3) is 5.91 Å². The Hall–Kier alpha value is -5.17. The number of nitrogens with zero attached hydrogens (tertiary/aromatic N) is 3. The first kappa shape index (κ1) is 29.9. The summed E-state index contributed by atoms with van der Waals surface area (Å²) in [6.45, 7) is 0. The molecule has 0 aliphatic rings. The summed E-state index contributed by atoms with van der Waals surface area (Å²) in [5.74, 6) is -0.772. The minimum Gasteiger partial charge on any atom is -0.455 e. The van der Waals surface area contributed by atoms with E-state index < -0.39 is 33.5 Å². The van der Waals surface area contributed by atoms with E-state index in [4.69, 9.17) is 4.42 Å². The highest BCUT2D eigenvalue weighted by Gasteiger charge is 2.30. The van der Waals surface area contributed by atoms with Gasteiger partial charge in [-0.3, -0.25) is 13.7 Å². The van der Waals surface area contributed by atoms with E-state index in [0.717, 1.165) is 22.7 Å². The van der Waals surface area contributed by atoms with E-state index in [1.165, 1.54) is 62.9 Å². The van der Waals surface area contributed by atoms with Gasteiger partial charge in [-0.1, -0.05) is 6.07 Å². The Bertz CT molecular complexity index is 2210. The fourth-order valence-electron chi connectivity index (χ4n) is 5.15. The largest absolute Gasteiger partial charge is 0.455 e. The number of fused-ring (bicyclic) bond motifs is 2. The first-order valence-electron chi connectivity index (χ1n) is 13.4. The van der Waals surface area contributed by atoms with Crippen molar-refractivity contribution in [3.63, 3.8) is 0 Å². The number of hydrogen-bond donors (Lipinski definition) is 1. The first-order chi connectivity index (χ1) is 21.3. The number of amides is 1. The third kappa shape index (κ3) is 5.39. The van der Waals surface area contributed by atoms with Crippen molar-refractivity contribution in [2.45, 2.75) is 6.18 Å². The molecule has 1 amide bonds. The standard InChI is InChI=1S/C32H24F4N4O4S/c1-37-31(41)29-24-15-23(26(39(2)45(3,42)43)16-28(24)44-30(29)18-4-9-21(33)10-5-18)19-6-13-25-27(14-19)40(17-38-25)22-11-7-20(8-12-22)32(34,35)36/h4-17H,1-3H3,(H,37,41). The van der Waals surface area contributed by atoms with Gasteiger partial charge in [-0.15, -0.1) is 0 Å². The quantitative estimate of drug-likeness (QED) is 0.198. The second-order valence-corrected chi connectivity index (χ2v) is 12.4. The van der Waals surface area contributed by atoms with Crippen LogP contribution in [0, 0.1) is 5.82 Å². The normalized spacial score (nSPS) is 12.2. The summed E-state index contributed by atoms with van der Waals surface area (Å²) >= 11 is 0. The van der Waals surface area contributed by atoms with Crippen LogP contribution in [0.1, 0.15) is 15.9 Å². The molecule has 45 heavy (non-hydrogen) atoms. The topological polar surface area (TPSA) is 97.4 Å². The zero-order chi connectivity index (χ0) is 32.3. The maximum absolute atomic E-state index is 13.7. The lowest BCUT2D eigenvalue weighted by molar-refractivity contribution is -0.137. The van der Waals surface area contributed by atoms with Gasteiger partial charge in [0.1, 0.15) is 23.5 Å². The number of benzene rings is 4. The molecule has 0 saturated heterocycles. The van der Waals surface area contributed by atoms with Crippen molar-refractivity contribution >= 4 is 43.6 Å². The summed E-state index contributed by atoms with van der Waals surface area (Å²) in [7, 11) is -0.934. The number of imidazole rings is 1. The van der Waals surface area contributed by atoms with E-state index in [0.29, 0.717) is 38.8 Å². The number of carbonyl (C=O) groups is 1. The van der Waals surface area contributed by atoms with Gasteiger partial charge in [-0.2, -0.15) is 13.2 Å². The van der Waals surface area contributed by atoms with Crippen LogP contribution in [-0.4, -0.2) is 44.2 Å². The second-order valence-electron chi connectivity index (χ2n) is 10.4. The van der Waals surface area contributed by atoms with Crippen molar-refractivity contribution in [3.8, 4) is 28.1 Å². The highest BCUT2D eigenvalue weighted by Crippen LogP contribution is 2.42. The number of halogens is 4. The van der Waals surface area contributed by atoms with Gasteiger partial charge >= 0.3 is 6.18 Å². The summed E-state index contributed by atoms with van der Waals surface area (Å²) in [5, 5.41) is 2.98. The molecule has 0 radical (unpaired) electrons. The van der Waals surface area contributed by atoms with Crippen LogP contribution in [0.5, 0.6) is 0 Å². The minimum atomic E-state index is -4.49. The van der Waals surface area contributed by atoms with E-state index in [2.05, 4.69) is 10.3 Å². The molecule has 1 N–H and O–H groups in total. The van der Waals surface area contributed by atoms with Crippen molar-refractivity contribution < 1.29 is 35.2 Å². The molecule has 2 aromatic heterocycles. The zero-order valence-corrected chi connectivity index (χ0v) is 24.8. The number of carbonyl (C=O) groups excluding carboxylic acids is 1. The van der Waals surface area contributed by atoms with Crippen molar-refractivity contribution in [1.82, 2.24) is 14.9 Å². The van der Waals surface area contributed by atoms with E-state index in [-0.39, 0.29) is 22.6 Å². The lowest BCUT2D eigenvalue weighted by Crippen LogP contribution is -2.25. The molecule has 0 unspecified atom stereocenters. The fraction of sp³-hybridized carbons (Fsp3) is 0.125. The number of nitrogens with one attached hydrogen (secondary N) is 1. The molecule has 0 spiro atoms.